The van der Waals surface area contributed by atoms with Crippen LogP contribution in [0.5, 0.6) is 11.8 Å². The van der Waals surface area contributed by atoms with Gasteiger partial charge in [0.1, 0.15) is 22.9 Å². The highest BCUT2D eigenvalue weighted by atomic mass is 19.1. The van der Waals surface area contributed by atoms with E-state index < -0.39 is 5.82 Å². The normalized spacial score (nSPS) is 16.0. The smallest absolute Gasteiger partial charge is 0.318 e. The van der Waals surface area contributed by atoms with Gasteiger partial charge in [-0.3, -0.25) is 4.79 Å². The number of aromatic nitrogens is 2. The zero-order valence-electron chi connectivity index (χ0n) is 18.3. The molecule has 1 aromatic heterocycles. The molecule has 168 valence electrons. The Kier molecular flexibility index (Phi) is 5.25. The molecule has 1 N–H and O–H groups in total. The number of ether oxygens (including phenoxy) is 1. The predicted molar refractivity (Wildman–Crippen MR) is 123 cm³/mol. The summed E-state index contributed by atoms with van der Waals surface area (Å²) in [6.45, 7) is 1.72. The summed E-state index contributed by atoms with van der Waals surface area (Å²) in [6, 6.07) is 5.92. The summed E-state index contributed by atoms with van der Waals surface area (Å²) in [5.41, 5.74) is 1.32. The van der Waals surface area contributed by atoms with Crippen molar-refractivity contribution in [1.82, 2.24) is 9.97 Å². The highest BCUT2D eigenvalue weighted by molar-refractivity contribution is 6.16. The van der Waals surface area contributed by atoms with Crippen LogP contribution in [-0.4, -0.2) is 41.2 Å². The van der Waals surface area contributed by atoms with Gasteiger partial charge in [0.15, 0.2) is 0 Å². The van der Waals surface area contributed by atoms with Gasteiger partial charge < -0.3 is 19.6 Å². The highest BCUT2D eigenvalue weighted by Gasteiger charge is 2.37. The van der Waals surface area contributed by atoms with Crippen LogP contribution >= 0.6 is 0 Å². The molecule has 2 aliphatic heterocycles. The van der Waals surface area contributed by atoms with E-state index in [1.165, 1.54) is 36.3 Å². The summed E-state index contributed by atoms with van der Waals surface area (Å²) in [6.07, 6.45) is 9.91. The molecule has 0 bridgehead atoms. The molecule has 5 rings (SSSR count). The SMILES string of the molecule is C#Cc1c(F)ccc2cc(O)cc(N3Cc4nc(OC)nc(N5CCCCCC5)c4C3=O)c12. The summed E-state index contributed by atoms with van der Waals surface area (Å²) in [7, 11) is 1.49. The number of phenols is 1. The third-order valence-electron chi connectivity index (χ3n) is 6.27. The molecule has 2 aliphatic rings. The van der Waals surface area contributed by atoms with Crippen molar-refractivity contribution in [3.8, 4) is 24.1 Å². The van der Waals surface area contributed by atoms with Crippen LogP contribution in [0.15, 0.2) is 24.3 Å². The van der Waals surface area contributed by atoms with Crippen molar-refractivity contribution in [3.05, 3.63) is 46.9 Å². The van der Waals surface area contributed by atoms with Gasteiger partial charge in [-0.2, -0.15) is 9.97 Å². The lowest BCUT2D eigenvalue weighted by molar-refractivity contribution is 0.0997. The third-order valence-corrected chi connectivity index (χ3v) is 6.27. The molecule has 33 heavy (non-hydrogen) atoms. The van der Waals surface area contributed by atoms with Crippen molar-refractivity contribution in [2.75, 3.05) is 30.0 Å². The molecule has 0 atom stereocenters. The van der Waals surface area contributed by atoms with E-state index in [1.807, 2.05) is 0 Å². The first-order chi connectivity index (χ1) is 16.0. The standard InChI is InChI=1S/C25H23FN4O3/c1-3-17-18(26)9-8-15-12-16(31)13-20(21(15)17)30-14-19-22(24(30)32)23(28-25(27-19)33-2)29-10-6-4-5-7-11-29/h1,8-9,12-13,31H,4-7,10-11,14H2,2H3. The minimum atomic E-state index is -0.562. The number of carbonyl (C=O) groups excluding carboxylic acids is 1. The molecule has 1 saturated heterocycles. The topological polar surface area (TPSA) is 78.8 Å². The number of halogens is 1. The van der Waals surface area contributed by atoms with Crippen LogP contribution in [0, 0.1) is 18.2 Å². The highest BCUT2D eigenvalue weighted by Crippen LogP contribution is 2.40. The Morgan fingerprint density at radius 3 is 2.61 bits per heavy atom. The molecule has 2 aromatic carbocycles. The number of aromatic hydroxyl groups is 1. The Morgan fingerprint density at radius 2 is 1.91 bits per heavy atom. The van der Waals surface area contributed by atoms with Crippen LogP contribution < -0.4 is 14.5 Å². The first kappa shape index (κ1) is 21.0. The van der Waals surface area contributed by atoms with E-state index in [9.17, 15) is 14.3 Å². The maximum absolute atomic E-state index is 14.5. The van der Waals surface area contributed by atoms with Crippen LogP contribution in [0.2, 0.25) is 0 Å². The van der Waals surface area contributed by atoms with E-state index in [4.69, 9.17) is 11.2 Å². The Morgan fingerprint density at radius 1 is 1.15 bits per heavy atom. The van der Waals surface area contributed by atoms with E-state index in [0.29, 0.717) is 33.5 Å². The van der Waals surface area contributed by atoms with E-state index in [2.05, 4.69) is 20.8 Å². The van der Waals surface area contributed by atoms with Crippen molar-refractivity contribution in [3.63, 3.8) is 0 Å². The number of carbonyl (C=O) groups is 1. The first-order valence-electron chi connectivity index (χ1n) is 11.0. The third kappa shape index (κ3) is 3.50. The maximum atomic E-state index is 14.5. The Labute approximate surface area is 190 Å². The van der Waals surface area contributed by atoms with Gasteiger partial charge in [-0.15, -0.1) is 6.42 Å². The quantitative estimate of drug-likeness (QED) is 0.613. The fourth-order valence-electron chi connectivity index (χ4n) is 4.72. The summed E-state index contributed by atoms with van der Waals surface area (Å²) >= 11 is 0. The van der Waals surface area contributed by atoms with Gasteiger partial charge in [0.2, 0.25) is 0 Å². The zero-order chi connectivity index (χ0) is 23.1. The number of nitrogens with zero attached hydrogens (tertiary/aromatic N) is 4. The predicted octanol–water partition coefficient (Wildman–Crippen LogP) is 4.01. The minimum Gasteiger partial charge on any atom is -0.508 e. The van der Waals surface area contributed by atoms with Gasteiger partial charge in [0.25, 0.3) is 5.91 Å². The van der Waals surface area contributed by atoms with Crippen LogP contribution in [-0.2, 0) is 6.54 Å². The fourth-order valence-corrected chi connectivity index (χ4v) is 4.72. The molecular formula is C25H23FN4O3. The lowest BCUT2D eigenvalue weighted by atomic mass is 10.0. The van der Waals surface area contributed by atoms with Gasteiger partial charge in [-0.1, -0.05) is 24.8 Å². The molecule has 0 unspecified atom stereocenters. The molecule has 3 aromatic rings. The first-order valence-corrected chi connectivity index (χ1v) is 11.0. The molecule has 7 nitrogen and oxygen atoms in total. The number of methoxy groups -OCH3 is 1. The largest absolute Gasteiger partial charge is 0.508 e. The van der Waals surface area contributed by atoms with E-state index >= 15 is 0 Å². The molecule has 1 fully saturated rings. The average Bonchev–Trinajstić information content (AvgIpc) is 2.98. The number of fused-ring (bicyclic) bond motifs is 2. The summed E-state index contributed by atoms with van der Waals surface area (Å²) in [5, 5.41) is 11.3. The number of hydrogen-bond donors (Lipinski definition) is 1. The minimum absolute atomic E-state index is 0.0441. The van der Waals surface area contributed by atoms with E-state index in [-0.39, 0.29) is 29.8 Å². The van der Waals surface area contributed by atoms with Crippen molar-refractivity contribution in [1.29, 1.82) is 0 Å². The summed E-state index contributed by atoms with van der Waals surface area (Å²) in [4.78, 5) is 26.3. The molecule has 0 spiro atoms. The van der Waals surface area contributed by atoms with E-state index in [1.54, 1.807) is 0 Å². The molecular weight excluding hydrogens is 423 g/mol. The van der Waals surface area contributed by atoms with Gasteiger partial charge in [0, 0.05) is 24.5 Å². The second-order valence-electron chi connectivity index (χ2n) is 8.28. The van der Waals surface area contributed by atoms with Gasteiger partial charge in [-0.05, 0) is 30.4 Å². The summed E-state index contributed by atoms with van der Waals surface area (Å²) in [5.74, 6) is 2.02. The number of anilines is 2. The van der Waals surface area contributed by atoms with Gasteiger partial charge in [0.05, 0.1) is 30.6 Å². The average molecular weight is 446 g/mol. The van der Waals surface area contributed by atoms with Crippen LogP contribution in [0.1, 0.15) is 47.3 Å². The number of phenolic OH excluding ortho intramolecular Hbond substituents is 1. The van der Waals surface area contributed by atoms with Crippen molar-refractivity contribution < 1.29 is 19.0 Å². The lowest BCUT2D eigenvalue weighted by Gasteiger charge is -2.24. The number of amides is 1. The summed E-state index contributed by atoms with van der Waals surface area (Å²) < 4.78 is 19.9. The number of benzene rings is 2. The van der Waals surface area contributed by atoms with Crippen LogP contribution in [0.3, 0.4) is 0 Å². The lowest BCUT2D eigenvalue weighted by Crippen LogP contribution is -2.29. The Hall–Kier alpha value is -3.86. The molecule has 0 aliphatic carbocycles. The molecule has 0 radical (unpaired) electrons. The molecule has 1 amide bonds. The van der Waals surface area contributed by atoms with E-state index in [0.717, 1.165) is 38.8 Å². The van der Waals surface area contributed by atoms with Crippen LogP contribution in [0.4, 0.5) is 15.9 Å². The maximum Gasteiger partial charge on any atom is 0.318 e. The van der Waals surface area contributed by atoms with Gasteiger partial charge >= 0.3 is 6.01 Å². The second-order valence-corrected chi connectivity index (χ2v) is 8.28. The number of hydrogen-bond acceptors (Lipinski definition) is 6. The molecule has 8 heteroatoms. The number of rotatable bonds is 3. The fraction of sp³-hybridized carbons (Fsp3) is 0.320. The zero-order valence-corrected chi connectivity index (χ0v) is 18.3. The Bertz CT molecular complexity index is 1310. The second kappa shape index (κ2) is 8.24. The van der Waals surface area contributed by atoms with Crippen molar-refractivity contribution in [2.24, 2.45) is 0 Å². The number of terminal acetylenes is 1. The van der Waals surface area contributed by atoms with Crippen LogP contribution in [0.25, 0.3) is 10.8 Å². The Balaban J connectivity index is 1.67. The van der Waals surface area contributed by atoms with Crippen molar-refractivity contribution >= 4 is 28.2 Å². The molecule has 3 heterocycles. The monoisotopic (exact) mass is 446 g/mol. The molecule has 0 saturated carbocycles. The van der Waals surface area contributed by atoms with Gasteiger partial charge in [-0.25, -0.2) is 4.39 Å². The van der Waals surface area contributed by atoms with Crippen molar-refractivity contribution in [2.45, 2.75) is 32.2 Å².